The summed E-state index contributed by atoms with van der Waals surface area (Å²) >= 11 is 0. The lowest BCUT2D eigenvalue weighted by Gasteiger charge is -2.19. The number of hydrogen-bond donors (Lipinski definition) is 1. The van der Waals surface area contributed by atoms with E-state index in [4.69, 9.17) is 4.74 Å². The highest BCUT2D eigenvalue weighted by Crippen LogP contribution is 2.24. The van der Waals surface area contributed by atoms with Crippen LogP contribution in [-0.4, -0.2) is 24.0 Å². The Kier molecular flexibility index (Phi) is 4.87. The molecule has 0 unspecified atom stereocenters. The number of rotatable bonds is 2. The largest absolute Gasteiger partial charge is 0.444 e. The summed E-state index contributed by atoms with van der Waals surface area (Å²) in [6.07, 6.45) is 1.46. The molecule has 22 heavy (non-hydrogen) atoms. The van der Waals surface area contributed by atoms with Crippen molar-refractivity contribution in [3.05, 3.63) is 34.9 Å². The molecular weight excluding hydrogens is 278 g/mol. The Bertz CT molecular complexity index is 645. The van der Waals surface area contributed by atoms with Crippen molar-refractivity contribution in [2.75, 3.05) is 6.54 Å². The van der Waals surface area contributed by atoms with Crippen molar-refractivity contribution in [2.24, 2.45) is 0 Å². The Hall–Kier alpha value is -2.28. The molecule has 1 N–H and O–H groups in total. The lowest BCUT2D eigenvalue weighted by molar-refractivity contribution is 0.0529. The van der Waals surface area contributed by atoms with Crippen LogP contribution in [0.2, 0.25) is 0 Å². The van der Waals surface area contributed by atoms with Crippen molar-refractivity contribution in [1.82, 2.24) is 5.32 Å². The zero-order chi connectivity index (χ0) is 16.2. The summed E-state index contributed by atoms with van der Waals surface area (Å²) in [5, 5.41) is 2.67. The van der Waals surface area contributed by atoms with Gasteiger partial charge in [-0.15, -0.1) is 0 Å². The molecule has 1 amide bonds. The van der Waals surface area contributed by atoms with Gasteiger partial charge in [0.2, 0.25) is 0 Å². The van der Waals surface area contributed by atoms with E-state index in [1.54, 1.807) is 0 Å². The van der Waals surface area contributed by atoms with Crippen LogP contribution in [0.1, 0.15) is 55.1 Å². The molecule has 1 aliphatic carbocycles. The maximum absolute atomic E-state index is 11.7. The highest BCUT2D eigenvalue weighted by atomic mass is 16.6. The maximum Gasteiger partial charge on any atom is 0.407 e. The van der Waals surface area contributed by atoms with Gasteiger partial charge in [-0.2, -0.15) is 0 Å². The zero-order valence-electron chi connectivity index (χ0n) is 13.3. The monoisotopic (exact) mass is 299 g/mol. The summed E-state index contributed by atoms with van der Waals surface area (Å²) in [5.41, 5.74) is 2.28. The summed E-state index contributed by atoms with van der Waals surface area (Å²) in [5.74, 6) is 6.33. The Morgan fingerprint density at radius 1 is 1.32 bits per heavy atom. The maximum atomic E-state index is 11.7. The number of alkyl carbamates (subject to hydrolysis) is 1. The van der Waals surface area contributed by atoms with Gasteiger partial charge >= 0.3 is 6.09 Å². The third kappa shape index (κ3) is 4.36. The number of amides is 1. The first-order chi connectivity index (χ1) is 10.4. The van der Waals surface area contributed by atoms with Gasteiger partial charge in [-0.3, -0.25) is 4.79 Å². The number of benzene rings is 1. The molecule has 0 bridgehead atoms. The SMILES string of the molecule is CC(C)(C)OC(=O)NCCC#Cc1cccc2c1CCC2=O. The van der Waals surface area contributed by atoms with Crippen LogP contribution >= 0.6 is 0 Å². The number of nitrogens with one attached hydrogen (secondary N) is 1. The van der Waals surface area contributed by atoms with E-state index in [-0.39, 0.29) is 5.78 Å². The lowest BCUT2D eigenvalue weighted by Crippen LogP contribution is -2.32. The predicted octanol–water partition coefficient (Wildman–Crippen LogP) is 3.08. The quantitative estimate of drug-likeness (QED) is 0.674. The van der Waals surface area contributed by atoms with Gasteiger partial charge in [0.1, 0.15) is 5.60 Å². The molecular formula is C18H21NO3. The van der Waals surface area contributed by atoms with Gasteiger partial charge in [-0.1, -0.05) is 24.0 Å². The lowest BCUT2D eigenvalue weighted by atomic mass is 10.0. The number of carbonyl (C=O) groups excluding carboxylic acids is 2. The van der Waals surface area contributed by atoms with E-state index in [1.165, 1.54) is 0 Å². The number of ketones is 1. The van der Waals surface area contributed by atoms with Crippen LogP contribution in [-0.2, 0) is 11.2 Å². The summed E-state index contributed by atoms with van der Waals surface area (Å²) in [7, 11) is 0. The van der Waals surface area contributed by atoms with E-state index in [0.717, 1.165) is 23.1 Å². The van der Waals surface area contributed by atoms with Crippen molar-refractivity contribution >= 4 is 11.9 Å². The fourth-order valence-corrected chi connectivity index (χ4v) is 2.31. The molecule has 0 atom stereocenters. The van der Waals surface area contributed by atoms with E-state index in [2.05, 4.69) is 17.2 Å². The van der Waals surface area contributed by atoms with Gasteiger partial charge in [-0.05, 0) is 38.8 Å². The van der Waals surface area contributed by atoms with Gasteiger partial charge < -0.3 is 10.1 Å². The van der Waals surface area contributed by atoms with E-state index >= 15 is 0 Å². The van der Waals surface area contributed by atoms with Crippen molar-refractivity contribution in [3.8, 4) is 11.8 Å². The van der Waals surface area contributed by atoms with Crippen molar-refractivity contribution in [3.63, 3.8) is 0 Å². The van der Waals surface area contributed by atoms with E-state index in [0.29, 0.717) is 19.4 Å². The Balaban J connectivity index is 1.86. The standard InChI is InChI=1S/C18H21NO3/c1-18(2,3)22-17(21)19-12-5-4-7-13-8-6-9-15-14(13)10-11-16(15)20/h6,8-9H,5,10-12H2,1-3H3,(H,19,21). The summed E-state index contributed by atoms with van der Waals surface area (Å²) in [6, 6.07) is 5.66. The minimum atomic E-state index is -0.493. The molecule has 1 aromatic rings. The predicted molar refractivity (Wildman–Crippen MR) is 84.8 cm³/mol. The third-order valence-corrected chi connectivity index (χ3v) is 3.22. The molecule has 0 fully saturated rings. The van der Waals surface area contributed by atoms with Gasteiger partial charge in [-0.25, -0.2) is 4.79 Å². The zero-order valence-corrected chi connectivity index (χ0v) is 13.3. The second-order valence-corrected chi connectivity index (χ2v) is 6.24. The van der Waals surface area contributed by atoms with Gasteiger partial charge in [0.15, 0.2) is 5.78 Å². The fraction of sp³-hybridized carbons (Fsp3) is 0.444. The Morgan fingerprint density at radius 2 is 2.09 bits per heavy atom. The van der Waals surface area contributed by atoms with E-state index < -0.39 is 11.7 Å². The topological polar surface area (TPSA) is 55.4 Å². The molecule has 0 aromatic heterocycles. The first-order valence-corrected chi connectivity index (χ1v) is 7.47. The van der Waals surface area contributed by atoms with Crippen LogP contribution < -0.4 is 5.32 Å². The van der Waals surface area contributed by atoms with E-state index in [9.17, 15) is 9.59 Å². The molecule has 4 heteroatoms. The first-order valence-electron chi connectivity index (χ1n) is 7.47. The number of ether oxygens (including phenoxy) is 1. The molecule has 0 saturated heterocycles. The van der Waals surface area contributed by atoms with Crippen LogP contribution in [0.25, 0.3) is 0 Å². The second-order valence-electron chi connectivity index (χ2n) is 6.24. The van der Waals surface area contributed by atoms with Crippen LogP contribution in [0.5, 0.6) is 0 Å². The molecule has 2 rings (SSSR count). The molecule has 0 saturated carbocycles. The number of hydrogen-bond acceptors (Lipinski definition) is 3. The van der Waals surface area contributed by atoms with Gasteiger partial charge in [0.05, 0.1) is 0 Å². The smallest absolute Gasteiger partial charge is 0.407 e. The van der Waals surface area contributed by atoms with Crippen LogP contribution in [0.15, 0.2) is 18.2 Å². The second kappa shape index (κ2) is 6.65. The molecule has 116 valence electrons. The molecule has 1 aromatic carbocycles. The molecule has 1 aliphatic rings. The third-order valence-electron chi connectivity index (χ3n) is 3.22. The normalized spacial score (nSPS) is 13.1. The van der Waals surface area contributed by atoms with Gasteiger partial charge in [0, 0.05) is 30.5 Å². The van der Waals surface area contributed by atoms with Crippen LogP contribution in [0.4, 0.5) is 4.79 Å². The van der Waals surface area contributed by atoms with Crippen LogP contribution in [0.3, 0.4) is 0 Å². The Morgan fingerprint density at radius 3 is 2.82 bits per heavy atom. The molecule has 0 spiro atoms. The molecule has 0 radical (unpaired) electrons. The number of fused-ring (bicyclic) bond motifs is 1. The minimum Gasteiger partial charge on any atom is -0.444 e. The fourth-order valence-electron chi connectivity index (χ4n) is 2.31. The first kappa shape index (κ1) is 16.1. The average molecular weight is 299 g/mol. The summed E-state index contributed by atoms with van der Waals surface area (Å²) < 4.78 is 5.14. The van der Waals surface area contributed by atoms with E-state index in [1.807, 2.05) is 39.0 Å². The van der Waals surface area contributed by atoms with Gasteiger partial charge in [0.25, 0.3) is 0 Å². The average Bonchev–Trinajstić information content (AvgIpc) is 2.79. The molecule has 0 heterocycles. The number of carbonyl (C=O) groups is 2. The number of Topliss-reactive ketones (excluding diaryl/α,β-unsaturated/α-hetero) is 1. The van der Waals surface area contributed by atoms with Crippen molar-refractivity contribution < 1.29 is 14.3 Å². The highest BCUT2D eigenvalue weighted by Gasteiger charge is 2.20. The van der Waals surface area contributed by atoms with Crippen molar-refractivity contribution in [2.45, 2.75) is 45.6 Å². The minimum absolute atomic E-state index is 0.199. The van der Waals surface area contributed by atoms with Crippen LogP contribution in [0, 0.1) is 11.8 Å². The Labute approximate surface area is 131 Å². The highest BCUT2D eigenvalue weighted by molar-refractivity contribution is 6.01. The molecule has 0 aliphatic heterocycles. The summed E-state index contributed by atoms with van der Waals surface area (Å²) in [4.78, 5) is 23.1. The molecule has 4 nitrogen and oxygen atoms in total. The summed E-state index contributed by atoms with van der Waals surface area (Å²) in [6.45, 7) is 5.91. The van der Waals surface area contributed by atoms with Crippen molar-refractivity contribution in [1.29, 1.82) is 0 Å².